The summed E-state index contributed by atoms with van der Waals surface area (Å²) in [5, 5.41) is 0. The van der Waals surface area contributed by atoms with Gasteiger partial charge in [-0.1, -0.05) is 25.5 Å². The third-order valence-electron chi connectivity index (χ3n) is 3.56. The molecule has 0 saturated carbocycles. The summed E-state index contributed by atoms with van der Waals surface area (Å²) in [7, 11) is 1.58. The van der Waals surface area contributed by atoms with Gasteiger partial charge in [0, 0.05) is 13.5 Å². The number of imide groups is 1. The molecule has 0 aromatic rings. The van der Waals surface area contributed by atoms with E-state index in [-0.39, 0.29) is 24.7 Å². The summed E-state index contributed by atoms with van der Waals surface area (Å²) in [6.45, 7) is 7.05. The second-order valence-electron chi connectivity index (χ2n) is 5.85. The highest BCUT2D eigenvalue weighted by Gasteiger charge is 2.38. The highest BCUT2D eigenvalue weighted by atomic mass is 16.7. The topological polar surface area (TPSA) is 65.1 Å². The maximum absolute atomic E-state index is 12.2. The average Bonchev–Trinajstić information content (AvgIpc) is 2.86. The van der Waals surface area contributed by atoms with Crippen molar-refractivity contribution in [3.05, 3.63) is 11.6 Å². The Morgan fingerprint density at radius 2 is 2.23 bits per heavy atom. The molecule has 0 aromatic carbocycles. The van der Waals surface area contributed by atoms with E-state index in [2.05, 4.69) is 0 Å². The molecule has 1 saturated heterocycles. The number of nitrogens with zero attached hydrogens (tertiary/aromatic N) is 1. The summed E-state index contributed by atoms with van der Waals surface area (Å²) < 4.78 is 15.0. The molecule has 1 heterocycles. The Hall–Kier alpha value is -1.40. The minimum absolute atomic E-state index is 0.139. The zero-order valence-electron chi connectivity index (χ0n) is 14.0. The molecule has 0 N–H and O–H groups in total. The van der Waals surface area contributed by atoms with Crippen molar-refractivity contribution in [3.8, 4) is 0 Å². The molecular formula is C16H27NO5. The van der Waals surface area contributed by atoms with Crippen molar-refractivity contribution in [2.75, 3.05) is 27.1 Å². The Morgan fingerprint density at radius 3 is 2.86 bits per heavy atom. The van der Waals surface area contributed by atoms with Crippen molar-refractivity contribution in [1.82, 2.24) is 4.90 Å². The number of ether oxygens (including phenoxy) is 3. The smallest absolute Gasteiger partial charge is 0.416 e. The molecule has 1 aliphatic heterocycles. The van der Waals surface area contributed by atoms with E-state index in [4.69, 9.17) is 14.2 Å². The maximum Gasteiger partial charge on any atom is 0.416 e. The number of carbonyl (C=O) groups excluding carboxylic acids is 2. The average molecular weight is 313 g/mol. The van der Waals surface area contributed by atoms with Crippen LogP contribution in [0.5, 0.6) is 0 Å². The van der Waals surface area contributed by atoms with Crippen LogP contribution >= 0.6 is 0 Å². The third-order valence-corrected chi connectivity index (χ3v) is 3.56. The van der Waals surface area contributed by atoms with Gasteiger partial charge in [-0.15, -0.1) is 0 Å². The van der Waals surface area contributed by atoms with Crippen LogP contribution in [0.2, 0.25) is 0 Å². The van der Waals surface area contributed by atoms with Crippen LogP contribution in [0.3, 0.4) is 0 Å². The number of methoxy groups -OCH3 is 1. The van der Waals surface area contributed by atoms with E-state index in [1.165, 1.54) is 4.90 Å². The van der Waals surface area contributed by atoms with Crippen molar-refractivity contribution >= 4 is 12.0 Å². The van der Waals surface area contributed by atoms with E-state index in [1.54, 1.807) is 7.11 Å². The SMILES string of the molecule is COCOC/C(C)=C/CCCC(=O)N1C(=O)OC[C@@H]1C(C)C. The first-order valence-corrected chi connectivity index (χ1v) is 7.68. The summed E-state index contributed by atoms with van der Waals surface area (Å²) in [5.41, 5.74) is 1.10. The number of carbonyl (C=O) groups is 2. The Balaban J connectivity index is 2.33. The number of unbranched alkanes of at least 4 members (excludes halogenated alkanes) is 1. The van der Waals surface area contributed by atoms with Crippen LogP contribution in [-0.4, -0.2) is 50.1 Å². The highest BCUT2D eigenvalue weighted by Crippen LogP contribution is 2.21. The molecule has 1 atom stereocenters. The van der Waals surface area contributed by atoms with Crippen molar-refractivity contribution in [1.29, 1.82) is 0 Å². The van der Waals surface area contributed by atoms with Gasteiger partial charge in [-0.05, 0) is 25.7 Å². The molecule has 6 nitrogen and oxygen atoms in total. The predicted molar refractivity (Wildman–Crippen MR) is 82.3 cm³/mol. The first-order valence-electron chi connectivity index (χ1n) is 7.68. The van der Waals surface area contributed by atoms with Crippen LogP contribution in [0.15, 0.2) is 11.6 Å². The van der Waals surface area contributed by atoms with Crippen LogP contribution in [-0.2, 0) is 19.0 Å². The van der Waals surface area contributed by atoms with Crippen LogP contribution in [0.4, 0.5) is 4.79 Å². The number of hydrogen-bond acceptors (Lipinski definition) is 5. The van der Waals surface area contributed by atoms with Gasteiger partial charge >= 0.3 is 6.09 Å². The Labute approximate surface area is 132 Å². The molecule has 1 fully saturated rings. The minimum atomic E-state index is -0.511. The van der Waals surface area contributed by atoms with Crippen LogP contribution in [0, 0.1) is 5.92 Å². The Bertz CT molecular complexity index is 405. The van der Waals surface area contributed by atoms with E-state index in [0.717, 1.165) is 12.0 Å². The summed E-state index contributed by atoms with van der Waals surface area (Å²) in [5.74, 6) is 0.0540. The second-order valence-corrected chi connectivity index (χ2v) is 5.85. The lowest BCUT2D eigenvalue weighted by molar-refractivity contribution is -0.129. The second kappa shape index (κ2) is 9.58. The van der Waals surface area contributed by atoms with E-state index in [9.17, 15) is 9.59 Å². The number of allylic oxidation sites excluding steroid dienone is 1. The molecule has 0 bridgehead atoms. The number of rotatable bonds is 9. The molecular weight excluding hydrogens is 286 g/mol. The van der Waals surface area contributed by atoms with Gasteiger partial charge in [-0.2, -0.15) is 0 Å². The quantitative estimate of drug-likeness (QED) is 0.372. The number of cyclic esters (lactones) is 1. The molecule has 0 aliphatic carbocycles. The number of amides is 2. The van der Waals surface area contributed by atoms with Crippen molar-refractivity contribution < 1.29 is 23.8 Å². The molecule has 126 valence electrons. The molecule has 0 aromatic heterocycles. The van der Waals surface area contributed by atoms with Gasteiger partial charge in [-0.3, -0.25) is 4.79 Å². The molecule has 2 amide bonds. The summed E-state index contributed by atoms with van der Waals surface area (Å²) >= 11 is 0. The fourth-order valence-corrected chi connectivity index (χ4v) is 2.28. The first-order chi connectivity index (χ1) is 10.5. The Morgan fingerprint density at radius 1 is 1.50 bits per heavy atom. The van der Waals surface area contributed by atoms with Gasteiger partial charge in [0.1, 0.15) is 13.4 Å². The lowest BCUT2D eigenvalue weighted by Gasteiger charge is -2.22. The van der Waals surface area contributed by atoms with Gasteiger partial charge < -0.3 is 14.2 Å². The van der Waals surface area contributed by atoms with Crippen LogP contribution < -0.4 is 0 Å². The molecule has 0 spiro atoms. The van der Waals surface area contributed by atoms with Gasteiger partial charge in [0.25, 0.3) is 0 Å². The zero-order chi connectivity index (χ0) is 16.5. The highest BCUT2D eigenvalue weighted by molar-refractivity contribution is 5.93. The van der Waals surface area contributed by atoms with Crippen LogP contribution in [0.1, 0.15) is 40.0 Å². The third kappa shape index (κ3) is 5.77. The lowest BCUT2D eigenvalue weighted by atomic mass is 10.0. The lowest BCUT2D eigenvalue weighted by Crippen LogP contribution is -2.41. The fraction of sp³-hybridized carbons (Fsp3) is 0.750. The largest absolute Gasteiger partial charge is 0.447 e. The summed E-state index contributed by atoms with van der Waals surface area (Å²) in [6, 6.07) is -0.139. The zero-order valence-corrected chi connectivity index (χ0v) is 14.0. The van der Waals surface area contributed by atoms with E-state index in [1.807, 2.05) is 26.8 Å². The molecule has 22 heavy (non-hydrogen) atoms. The van der Waals surface area contributed by atoms with E-state index in [0.29, 0.717) is 26.1 Å². The first kappa shape index (κ1) is 18.6. The van der Waals surface area contributed by atoms with E-state index >= 15 is 0 Å². The Kier molecular flexibility index (Phi) is 8.12. The van der Waals surface area contributed by atoms with Crippen molar-refractivity contribution in [2.45, 2.75) is 46.1 Å². The minimum Gasteiger partial charge on any atom is -0.447 e. The standard InChI is InChI=1S/C16H27NO5/c1-12(2)14-10-22-16(19)17(14)15(18)8-6-5-7-13(3)9-21-11-20-4/h7,12,14H,5-6,8-11H2,1-4H3/b13-7+/t14-/m1/s1. The summed E-state index contributed by atoms with van der Waals surface area (Å²) in [4.78, 5) is 25.1. The molecule has 1 rings (SSSR count). The normalized spacial score (nSPS) is 19.0. The molecule has 1 aliphatic rings. The number of hydrogen-bond donors (Lipinski definition) is 0. The van der Waals surface area contributed by atoms with Gasteiger partial charge in [-0.25, -0.2) is 9.69 Å². The van der Waals surface area contributed by atoms with Gasteiger partial charge in [0.15, 0.2) is 0 Å². The summed E-state index contributed by atoms with van der Waals surface area (Å²) in [6.07, 6.45) is 3.37. The van der Waals surface area contributed by atoms with Crippen molar-refractivity contribution in [3.63, 3.8) is 0 Å². The monoisotopic (exact) mass is 313 g/mol. The van der Waals surface area contributed by atoms with Gasteiger partial charge in [0.2, 0.25) is 5.91 Å². The molecule has 6 heteroatoms. The predicted octanol–water partition coefficient (Wildman–Crippen LogP) is 2.73. The molecule has 0 unspecified atom stereocenters. The van der Waals surface area contributed by atoms with Crippen molar-refractivity contribution in [2.24, 2.45) is 5.92 Å². The van der Waals surface area contributed by atoms with Gasteiger partial charge in [0.05, 0.1) is 12.6 Å². The maximum atomic E-state index is 12.2. The van der Waals surface area contributed by atoms with Crippen LogP contribution in [0.25, 0.3) is 0 Å². The molecule has 0 radical (unpaired) electrons. The fourth-order valence-electron chi connectivity index (χ4n) is 2.28. The van der Waals surface area contributed by atoms with E-state index < -0.39 is 6.09 Å².